The summed E-state index contributed by atoms with van der Waals surface area (Å²) in [5, 5.41) is 6.28. The van der Waals surface area contributed by atoms with Gasteiger partial charge in [0.2, 0.25) is 5.91 Å². The zero-order valence-electron chi connectivity index (χ0n) is 15.6. The van der Waals surface area contributed by atoms with Crippen molar-refractivity contribution in [2.75, 3.05) is 38.2 Å². The summed E-state index contributed by atoms with van der Waals surface area (Å²) < 4.78 is 19.2. The first-order chi connectivity index (χ1) is 13.2. The van der Waals surface area contributed by atoms with Gasteiger partial charge in [0.25, 0.3) is 0 Å². The highest BCUT2D eigenvalue weighted by atomic mass is 19.1. The van der Waals surface area contributed by atoms with Crippen molar-refractivity contribution in [3.8, 4) is 0 Å². The van der Waals surface area contributed by atoms with Crippen LogP contribution in [0.3, 0.4) is 0 Å². The Morgan fingerprint density at radius 1 is 1.19 bits per heavy atom. The van der Waals surface area contributed by atoms with Crippen LogP contribution in [0.15, 0.2) is 48.5 Å². The van der Waals surface area contributed by atoms with Crippen LogP contribution in [0, 0.1) is 5.82 Å². The Morgan fingerprint density at radius 3 is 2.70 bits per heavy atom. The van der Waals surface area contributed by atoms with Crippen LogP contribution >= 0.6 is 0 Å². The molecule has 0 radical (unpaired) electrons. The number of carbonyl (C=O) groups excluding carboxylic acids is 1. The number of ether oxygens (including phenoxy) is 1. The van der Waals surface area contributed by atoms with E-state index in [1.165, 1.54) is 12.1 Å². The van der Waals surface area contributed by atoms with E-state index in [1.54, 1.807) is 12.1 Å². The third-order valence-electron chi connectivity index (χ3n) is 4.60. The molecule has 0 saturated carbocycles. The molecule has 1 unspecified atom stereocenters. The van der Waals surface area contributed by atoms with Crippen molar-refractivity contribution < 1.29 is 13.9 Å². The molecule has 1 heterocycles. The molecule has 5 nitrogen and oxygen atoms in total. The first-order valence-electron chi connectivity index (χ1n) is 9.35. The van der Waals surface area contributed by atoms with Gasteiger partial charge >= 0.3 is 0 Å². The Kier molecular flexibility index (Phi) is 6.92. The molecule has 27 heavy (non-hydrogen) atoms. The standard InChI is InChI=1S/C21H26FN3O2/c1-2-23-15-16-5-3-8-19(13-16)24-21(26)20(25-9-11-27-12-10-25)17-6-4-7-18(22)14-17/h3-8,13-14,20,23H,2,9-12,15H2,1H3,(H,24,26). The van der Waals surface area contributed by atoms with Crippen molar-refractivity contribution in [3.63, 3.8) is 0 Å². The van der Waals surface area contributed by atoms with Crippen molar-refractivity contribution in [2.45, 2.75) is 19.5 Å². The maximum Gasteiger partial charge on any atom is 0.246 e. The molecule has 2 aromatic carbocycles. The molecule has 144 valence electrons. The highest BCUT2D eigenvalue weighted by Crippen LogP contribution is 2.25. The molecule has 1 saturated heterocycles. The number of amides is 1. The molecule has 2 aromatic rings. The van der Waals surface area contributed by atoms with Gasteiger partial charge < -0.3 is 15.4 Å². The summed E-state index contributed by atoms with van der Waals surface area (Å²) in [7, 11) is 0. The summed E-state index contributed by atoms with van der Waals surface area (Å²) in [6.07, 6.45) is 0. The maximum absolute atomic E-state index is 13.8. The average molecular weight is 371 g/mol. The topological polar surface area (TPSA) is 53.6 Å². The lowest BCUT2D eigenvalue weighted by molar-refractivity contribution is -0.123. The number of anilines is 1. The fourth-order valence-electron chi connectivity index (χ4n) is 3.28. The zero-order chi connectivity index (χ0) is 19.1. The highest BCUT2D eigenvalue weighted by molar-refractivity contribution is 5.95. The molecule has 0 spiro atoms. The third kappa shape index (κ3) is 5.35. The molecule has 2 N–H and O–H groups in total. The van der Waals surface area contributed by atoms with Gasteiger partial charge in [0.15, 0.2) is 0 Å². The molecule has 1 aliphatic rings. The summed E-state index contributed by atoms with van der Waals surface area (Å²) in [5.74, 6) is -0.505. The largest absolute Gasteiger partial charge is 0.379 e. The van der Waals surface area contributed by atoms with Crippen molar-refractivity contribution in [2.24, 2.45) is 0 Å². The number of carbonyl (C=O) groups is 1. The van der Waals surface area contributed by atoms with E-state index >= 15 is 0 Å². The van der Waals surface area contributed by atoms with E-state index in [0.717, 1.165) is 24.3 Å². The van der Waals surface area contributed by atoms with Crippen LogP contribution in [0.2, 0.25) is 0 Å². The van der Waals surface area contributed by atoms with Crippen LogP contribution < -0.4 is 10.6 Å². The summed E-state index contributed by atoms with van der Waals surface area (Å²) in [5.41, 5.74) is 2.49. The molecule has 0 aromatic heterocycles. The van der Waals surface area contributed by atoms with Crippen molar-refractivity contribution in [1.29, 1.82) is 0 Å². The number of hydrogen-bond donors (Lipinski definition) is 2. The van der Waals surface area contributed by atoms with Crippen LogP contribution in [0.4, 0.5) is 10.1 Å². The van der Waals surface area contributed by atoms with Crippen molar-refractivity contribution >= 4 is 11.6 Å². The predicted octanol–water partition coefficient (Wildman–Crippen LogP) is 2.95. The lowest BCUT2D eigenvalue weighted by Crippen LogP contribution is -2.43. The Labute approximate surface area is 159 Å². The smallest absolute Gasteiger partial charge is 0.246 e. The van der Waals surface area contributed by atoms with Crippen LogP contribution in [0.5, 0.6) is 0 Å². The van der Waals surface area contributed by atoms with Gasteiger partial charge in [-0.2, -0.15) is 0 Å². The predicted molar refractivity (Wildman–Crippen MR) is 104 cm³/mol. The van der Waals surface area contributed by atoms with Crippen molar-refractivity contribution in [1.82, 2.24) is 10.2 Å². The average Bonchev–Trinajstić information content (AvgIpc) is 2.68. The lowest BCUT2D eigenvalue weighted by atomic mass is 10.0. The number of halogens is 1. The molecule has 1 fully saturated rings. The second kappa shape index (κ2) is 9.60. The monoisotopic (exact) mass is 371 g/mol. The fourth-order valence-corrected chi connectivity index (χ4v) is 3.28. The molecule has 0 aliphatic carbocycles. The zero-order valence-corrected chi connectivity index (χ0v) is 15.6. The van der Waals surface area contributed by atoms with Crippen LogP contribution in [-0.4, -0.2) is 43.7 Å². The minimum atomic E-state index is -0.554. The molecule has 6 heteroatoms. The Bertz CT molecular complexity index is 763. The number of nitrogens with zero attached hydrogens (tertiary/aromatic N) is 1. The van der Waals surface area contributed by atoms with E-state index in [0.29, 0.717) is 31.9 Å². The molecule has 1 amide bonds. The number of hydrogen-bond acceptors (Lipinski definition) is 4. The van der Waals surface area contributed by atoms with Gasteiger partial charge in [-0.15, -0.1) is 0 Å². The number of benzene rings is 2. The lowest BCUT2D eigenvalue weighted by Gasteiger charge is -2.33. The van der Waals surface area contributed by atoms with E-state index in [2.05, 4.69) is 17.6 Å². The SMILES string of the molecule is CCNCc1cccc(NC(=O)C(c2cccc(F)c2)N2CCOCC2)c1. The van der Waals surface area contributed by atoms with Gasteiger partial charge in [0.1, 0.15) is 11.9 Å². The molecular weight excluding hydrogens is 345 g/mol. The Hall–Kier alpha value is -2.28. The Morgan fingerprint density at radius 2 is 1.96 bits per heavy atom. The van der Waals surface area contributed by atoms with E-state index in [4.69, 9.17) is 4.74 Å². The molecule has 0 bridgehead atoms. The first-order valence-corrected chi connectivity index (χ1v) is 9.35. The summed E-state index contributed by atoms with van der Waals surface area (Å²) in [6, 6.07) is 13.5. The fraction of sp³-hybridized carbons (Fsp3) is 0.381. The number of rotatable bonds is 7. The molecule has 3 rings (SSSR count). The van der Waals surface area contributed by atoms with Gasteiger partial charge in [-0.05, 0) is 41.9 Å². The van der Waals surface area contributed by atoms with Gasteiger partial charge in [-0.1, -0.05) is 31.2 Å². The van der Waals surface area contributed by atoms with Crippen LogP contribution in [0.25, 0.3) is 0 Å². The summed E-state index contributed by atoms with van der Waals surface area (Å²) in [4.78, 5) is 15.2. The summed E-state index contributed by atoms with van der Waals surface area (Å²) in [6.45, 7) is 6.09. The van der Waals surface area contributed by atoms with E-state index in [1.807, 2.05) is 29.2 Å². The molecular formula is C21H26FN3O2. The first kappa shape index (κ1) is 19.5. The van der Waals surface area contributed by atoms with Gasteiger partial charge in [-0.25, -0.2) is 4.39 Å². The van der Waals surface area contributed by atoms with Gasteiger partial charge in [0.05, 0.1) is 13.2 Å². The van der Waals surface area contributed by atoms with Crippen molar-refractivity contribution in [3.05, 3.63) is 65.5 Å². The summed E-state index contributed by atoms with van der Waals surface area (Å²) >= 11 is 0. The van der Waals surface area contributed by atoms with E-state index < -0.39 is 6.04 Å². The second-order valence-electron chi connectivity index (χ2n) is 6.58. The van der Waals surface area contributed by atoms with Gasteiger partial charge in [0, 0.05) is 25.3 Å². The van der Waals surface area contributed by atoms with E-state index in [-0.39, 0.29) is 11.7 Å². The Balaban J connectivity index is 1.80. The third-order valence-corrected chi connectivity index (χ3v) is 4.60. The van der Waals surface area contributed by atoms with Gasteiger partial charge in [-0.3, -0.25) is 9.69 Å². The molecule has 1 atom stereocenters. The highest BCUT2D eigenvalue weighted by Gasteiger charge is 2.29. The van der Waals surface area contributed by atoms with Crippen LogP contribution in [0.1, 0.15) is 24.1 Å². The number of nitrogens with one attached hydrogen (secondary N) is 2. The maximum atomic E-state index is 13.8. The minimum Gasteiger partial charge on any atom is -0.379 e. The van der Waals surface area contributed by atoms with Crippen LogP contribution in [-0.2, 0) is 16.1 Å². The molecule has 1 aliphatic heterocycles. The quantitative estimate of drug-likeness (QED) is 0.786. The second-order valence-corrected chi connectivity index (χ2v) is 6.58. The number of morpholine rings is 1. The van der Waals surface area contributed by atoms with E-state index in [9.17, 15) is 9.18 Å². The normalized spacial score (nSPS) is 16.1. The minimum absolute atomic E-state index is 0.164.